The number of benzene rings is 1. The molecule has 0 aliphatic rings. The van der Waals surface area contributed by atoms with E-state index in [1.807, 2.05) is 35.7 Å². The Morgan fingerprint density at radius 3 is 2.64 bits per heavy atom. The molecule has 0 aliphatic carbocycles. The number of esters is 1. The van der Waals surface area contributed by atoms with Crippen LogP contribution >= 0.6 is 11.3 Å². The van der Waals surface area contributed by atoms with Gasteiger partial charge in [0.15, 0.2) is 16.6 Å². The molecule has 0 saturated carbocycles. The fourth-order valence-corrected chi connectivity index (χ4v) is 2.52. The van der Waals surface area contributed by atoms with Crippen molar-refractivity contribution in [2.24, 2.45) is 0 Å². The van der Waals surface area contributed by atoms with Crippen LogP contribution in [-0.4, -0.2) is 28.3 Å². The smallest absolute Gasteiger partial charge is 0.358 e. The van der Waals surface area contributed by atoms with Gasteiger partial charge in [-0.3, -0.25) is 0 Å². The van der Waals surface area contributed by atoms with E-state index in [-0.39, 0.29) is 5.69 Å². The van der Waals surface area contributed by atoms with Gasteiger partial charge in [-0.05, 0) is 12.1 Å². The van der Waals surface area contributed by atoms with Crippen LogP contribution in [0.2, 0.25) is 0 Å². The third kappa shape index (κ3) is 3.09. The molecule has 0 atom stereocenters. The molecule has 3 rings (SSSR count). The average Bonchev–Trinajstić information content (AvgIpc) is 3.04. The minimum Gasteiger partial charge on any atom is -0.464 e. The molecule has 0 amide bonds. The highest BCUT2D eigenvalue weighted by Gasteiger charge is 2.09. The molecule has 0 fully saturated rings. The van der Waals surface area contributed by atoms with E-state index in [1.165, 1.54) is 18.4 Å². The van der Waals surface area contributed by atoms with E-state index >= 15 is 0 Å². The summed E-state index contributed by atoms with van der Waals surface area (Å²) >= 11 is 1.47. The number of anilines is 2. The molecule has 0 saturated heterocycles. The second-order valence-electron chi connectivity index (χ2n) is 4.32. The first kappa shape index (κ1) is 14.2. The highest BCUT2D eigenvalue weighted by atomic mass is 32.1. The Balaban J connectivity index is 1.74. The summed E-state index contributed by atoms with van der Waals surface area (Å²) in [5, 5.41) is 13.5. The molecule has 0 unspecified atom stereocenters. The normalized spacial score (nSPS) is 10.2. The molecule has 1 aromatic carbocycles. The summed E-state index contributed by atoms with van der Waals surface area (Å²) < 4.78 is 4.57. The van der Waals surface area contributed by atoms with Gasteiger partial charge in [0.05, 0.1) is 12.8 Å². The maximum Gasteiger partial charge on any atom is 0.358 e. The van der Waals surface area contributed by atoms with Crippen molar-refractivity contribution in [3.8, 4) is 11.3 Å². The van der Waals surface area contributed by atoms with Crippen LogP contribution in [0.4, 0.5) is 10.9 Å². The zero-order valence-corrected chi connectivity index (χ0v) is 12.5. The molecule has 22 heavy (non-hydrogen) atoms. The van der Waals surface area contributed by atoms with Crippen molar-refractivity contribution in [1.82, 2.24) is 15.2 Å². The Morgan fingerprint density at radius 1 is 1.14 bits per heavy atom. The number of hydrogen-bond acceptors (Lipinski definition) is 7. The van der Waals surface area contributed by atoms with Crippen LogP contribution in [0.1, 0.15) is 10.5 Å². The van der Waals surface area contributed by atoms with Crippen LogP contribution < -0.4 is 5.32 Å². The lowest BCUT2D eigenvalue weighted by molar-refractivity contribution is 0.0593. The zero-order valence-electron chi connectivity index (χ0n) is 11.7. The van der Waals surface area contributed by atoms with Crippen molar-refractivity contribution in [3.63, 3.8) is 0 Å². The van der Waals surface area contributed by atoms with E-state index in [1.54, 1.807) is 12.1 Å². The average molecular weight is 312 g/mol. The lowest BCUT2D eigenvalue weighted by Gasteiger charge is -2.01. The Morgan fingerprint density at radius 2 is 1.95 bits per heavy atom. The minimum absolute atomic E-state index is 0.164. The molecule has 3 aromatic rings. The largest absolute Gasteiger partial charge is 0.464 e. The van der Waals surface area contributed by atoms with Gasteiger partial charge in [0.2, 0.25) is 0 Å². The van der Waals surface area contributed by atoms with Crippen LogP contribution in [0, 0.1) is 0 Å². The van der Waals surface area contributed by atoms with Crippen LogP contribution in [0.15, 0.2) is 47.8 Å². The fraction of sp³-hybridized carbons (Fsp3) is 0.0667. The van der Waals surface area contributed by atoms with E-state index < -0.39 is 5.97 Å². The maximum absolute atomic E-state index is 11.3. The van der Waals surface area contributed by atoms with Crippen LogP contribution in [-0.2, 0) is 4.74 Å². The van der Waals surface area contributed by atoms with Gasteiger partial charge in [-0.15, -0.1) is 21.5 Å². The van der Waals surface area contributed by atoms with Gasteiger partial charge in [-0.1, -0.05) is 30.3 Å². The zero-order chi connectivity index (χ0) is 15.4. The Labute approximate surface area is 130 Å². The lowest BCUT2D eigenvalue weighted by Crippen LogP contribution is -2.06. The molecule has 110 valence electrons. The number of nitrogens with zero attached hydrogens (tertiary/aromatic N) is 3. The van der Waals surface area contributed by atoms with E-state index in [0.717, 1.165) is 11.3 Å². The lowest BCUT2D eigenvalue weighted by atomic mass is 10.2. The maximum atomic E-state index is 11.3. The van der Waals surface area contributed by atoms with Crippen LogP contribution in [0.25, 0.3) is 11.3 Å². The topological polar surface area (TPSA) is 77.0 Å². The molecule has 0 aliphatic heterocycles. The first-order valence-electron chi connectivity index (χ1n) is 6.46. The van der Waals surface area contributed by atoms with E-state index in [9.17, 15) is 4.79 Å². The minimum atomic E-state index is -0.514. The summed E-state index contributed by atoms with van der Waals surface area (Å²) in [7, 11) is 1.30. The van der Waals surface area contributed by atoms with E-state index in [4.69, 9.17) is 0 Å². The van der Waals surface area contributed by atoms with Crippen molar-refractivity contribution in [1.29, 1.82) is 0 Å². The molecule has 7 heteroatoms. The SMILES string of the molecule is COC(=O)c1ccc(Nc2nc(-c3ccccc3)cs2)nn1. The highest BCUT2D eigenvalue weighted by Crippen LogP contribution is 2.26. The van der Waals surface area contributed by atoms with Crippen molar-refractivity contribution >= 4 is 28.3 Å². The monoisotopic (exact) mass is 312 g/mol. The number of carbonyl (C=O) groups excluding carboxylic acids is 1. The van der Waals surface area contributed by atoms with Gasteiger partial charge in [0, 0.05) is 10.9 Å². The number of carbonyl (C=O) groups is 1. The van der Waals surface area contributed by atoms with E-state index in [2.05, 4.69) is 25.2 Å². The molecule has 1 N–H and O–H groups in total. The molecule has 0 bridgehead atoms. The van der Waals surface area contributed by atoms with Crippen molar-refractivity contribution in [2.75, 3.05) is 12.4 Å². The van der Waals surface area contributed by atoms with Gasteiger partial charge < -0.3 is 10.1 Å². The summed E-state index contributed by atoms with van der Waals surface area (Å²) in [5.74, 6) is 0.00118. The van der Waals surface area contributed by atoms with Crippen LogP contribution in [0.3, 0.4) is 0 Å². The van der Waals surface area contributed by atoms with Crippen molar-refractivity contribution in [3.05, 3.63) is 53.5 Å². The quantitative estimate of drug-likeness (QED) is 0.746. The number of hydrogen-bond donors (Lipinski definition) is 1. The number of aromatic nitrogens is 3. The van der Waals surface area contributed by atoms with Crippen molar-refractivity contribution in [2.45, 2.75) is 0 Å². The molecular weight excluding hydrogens is 300 g/mol. The summed E-state index contributed by atoms with van der Waals surface area (Å²) in [6, 6.07) is 13.1. The Kier molecular flexibility index (Phi) is 4.06. The standard InChI is InChI=1S/C15H12N4O2S/c1-21-14(20)11-7-8-13(19-18-11)17-15-16-12(9-22-15)10-5-3-2-4-6-10/h2-9H,1H3,(H,16,17,19). The molecular formula is C15H12N4O2S. The molecule has 0 radical (unpaired) electrons. The van der Waals surface area contributed by atoms with Gasteiger partial charge >= 0.3 is 5.97 Å². The summed E-state index contributed by atoms with van der Waals surface area (Å²) in [6.07, 6.45) is 0. The second kappa shape index (κ2) is 6.31. The number of thiazole rings is 1. The third-order valence-electron chi connectivity index (χ3n) is 2.87. The predicted octanol–water partition coefficient (Wildman–Crippen LogP) is 3.13. The number of rotatable bonds is 4. The van der Waals surface area contributed by atoms with E-state index in [0.29, 0.717) is 10.9 Å². The highest BCUT2D eigenvalue weighted by molar-refractivity contribution is 7.14. The summed E-state index contributed by atoms with van der Waals surface area (Å²) in [6.45, 7) is 0. The van der Waals surface area contributed by atoms with Gasteiger partial charge in [-0.25, -0.2) is 9.78 Å². The number of ether oxygens (including phenoxy) is 1. The first-order chi connectivity index (χ1) is 10.8. The predicted molar refractivity (Wildman–Crippen MR) is 84.2 cm³/mol. The fourth-order valence-electron chi connectivity index (χ4n) is 1.79. The Hall–Kier alpha value is -2.80. The third-order valence-corrected chi connectivity index (χ3v) is 3.63. The summed E-state index contributed by atoms with van der Waals surface area (Å²) in [5.41, 5.74) is 2.11. The molecule has 6 nitrogen and oxygen atoms in total. The summed E-state index contributed by atoms with van der Waals surface area (Å²) in [4.78, 5) is 15.8. The van der Waals surface area contributed by atoms with Crippen LogP contribution in [0.5, 0.6) is 0 Å². The van der Waals surface area contributed by atoms with Gasteiger partial charge in [-0.2, -0.15) is 0 Å². The first-order valence-corrected chi connectivity index (χ1v) is 7.34. The number of methoxy groups -OCH3 is 1. The van der Waals surface area contributed by atoms with Crippen molar-refractivity contribution < 1.29 is 9.53 Å². The van der Waals surface area contributed by atoms with Gasteiger partial charge in [0.25, 0.3) is 0 Å². The second-order valence-corrected chi connectivity index (χ2v) is 5.18. The number of nitrogens with one attached hydrogen (secondary N) is 1. The molecule has 0 spiro atoms. The molecule has 2 heterocycles. The van der Waals surface area contributed by atoms with Gasteiger partial charge in [0.1, 0.15) is 0 Å². The molecule has 2 aromatic heterocycles. The Bertz CT molecular complexity index is 772.